The minimum atomic E-state index is 0.000481. The zero-order valence-corrected chi connectivity index (χ0v) is 60.3. The van der Waals surface area contributed by atoms with Gasteiger partial charge >= 0.3 is 0 Å². The Kier molecular flexibility index (Phi) is 46.0. The summed E-state index contributed by atoms with van der Waals surface area (Å²) in [6.45, 7) is 10.6. The summed E-state index contributed by atoms with van der Waals surface area (Å²) >= 11 is 7.59. The van der Waals surface area contributed by atoms with Crippen LogP contribution in [0.15, 0.2) is 45.3 Å². The molecule has 0 aromatic heterocycles. The van der Waals surface area contributed by atoms with Gasteiger partial charge in [-0.15, -0.1) is 0 Å². The van der Waals surface area contributed by atoms with Crippen molar-refractivity contribution in [3.8, 4) is 0 Å². The van der Waals surface area contributed by atoms with Crippen molar-refractivity contribution < 1.29 is 9.59 Å². The highest BCUT2D eigenvalue weighted by atomic mass is 79.9. The molecule has 2 amide bonds. The van der Waals surface area contributed by atoms with Crippen molar-refractivity contribution in [3.63, 3.8) is 0 Å². The lowest BCUT2D eigenvalue weighted by molar-refractivity contribution is -0.114. The molecule has 492 valence electrons. The first kappa shape index (κ1) is 76.5. The van der Waals surface area contributed by atoms with Crippen LogP contribution in [0.25, 0.3) is 11.1 Å². The summed E-state index contributed by atoms with van der Waals surface area (Å²) < 4.78 is 1.95. The van der Waals surface area contributed by atoms with E-state index in [2.05, 4.69) is 96.0 Å². The number of hydrogen-bond donors (Lipinski definition) is 0. The summed E-state index contributed by atoms with van der Waals surface area (Å²) in [5.74, 6) is 1.42. The summed E-state index contributed by atoms with van der Waals surface area (Å²) in [7, 11) is 0. The molecule has 2 aliphatic rings. The molecule has 4 rings (SSSR count). The quantitative estimate of drug-likeness (QED) is 0.0489. The van der Waals surface area contributed by atoms with Crippen LogP contribution in [0, 0.1) is 11.8 Å². The van der Waals surface area contributed by atoms with Gasteiger partial charge in [0.05, 0.1) is 22.5 Å². The lowest BCUT2D eigenvalue weighted by Gasteiger charge is -2.21. The maximum absolute atomic E-state index is 15.1. The van der Waals surface area contributed by atoms with Crippen molar-refractivity contribution in [3.05, 3.63) is 56.5 Å². The van der Waals surface area contributed by atoms with E-state index in [-0.39, 0.29) is 11.8 Å². The fourth-order valence-corrected chi connectivity index (χ4v) is 15.3. The first-order valence-corrected chi connectivity index (χ1v) is 39.9. The van der Waals surface area contributed by atoms with Crippen LogP contribution in [0.2, 0.25) is 0 Å². The first-order chi connectivity index (χ1) is 42.3. The molecule has 4 nitrogen and oxygen atoms in total. The van der Waals surface area contributed by atoms with Crippen molar-refractivity contribution >= 4 is 66.2 Å². The van der Waals surface area contributed by atoms with E-state index >= 15 is 9.59 Å². The minimum Gasteiger partial charge on any atom is -0.308 e. The fraction of sp³-hybridized carbons (Fsp3) is 0.800. The Bertz CT molecular complexity index is 1830. The third kappa shape index (κ3) is 32.9. The number of amides is 2. The van der Waals surface area contributed by atoms with Crippen LogP contribution in [0.5, 0.6) is 0 Å². The summed E-state index contributed by atoms with van der Waals surface area (Å²) in [6.07, 6.45) is 76.4. The molecule has 2 aromatic carbocycles. The van der Waals surface area contributed by atoms with Gasteiger partial charge in [-0.25, -0.2) is 0 Å². The van der Waals surface area contributed by atoms with Crippen LogP contribution in [0.1, 0.15) is 398 Å². The second-order valence-electron chi connectivity index (χ2n) is 27.7. The smallest absolute Gasteiger partial charge is 0.259 e. The van der Waals surface area contributed by atoms with Crippen molar-refractivity contribution in [1.82, 2.24) is 0 Å². The number of nitrogens with zero attached hydrogens (tertiary/aromatic N) is 2. The van der Waals surface area contributed by atoms with Crippen LogP contribution in [-0.2, 0) is 9.59 Å². The molecule has 2 heterocycles. The molecule has 0 fully saturated rings. The summed E-state index contributed by atoms with van der Waals surface area (Å²) in [6, 6.07) is 12.6. The van der Waals surface area contributed by atoms with E-state index in [1.165, 1.54) is 334 Å². The highest BCUT2D eigenvalue weighted by Gasteiger charge is 2.42. The first-order valence-electron chi connectivity index (χ1n) is 38.3. The van der Waals surface area contributed by atoms with Crippen LogP contribution in [0.4, 0.5) is 11.4 Å². The van der Waals surface area contributed by atoms with Crippen LogP contribution in [0.3, 0.4) is 0 Å². The number of unbranched alkanes of at least 4 members (excludes halogenated alkanes) is 44. The van der Waals surface area contributed by atoms with Gasteiger partial charge in [0.15, 0.2) is 0 Å². The normalized spacial score (nSPS) is 14.1. The van der Waals surface area contributed by atoms with Crippen molar-refractivity contribution in [1.29, 1.82) is 0 Å². The van der Waals surface area contributed by atoms with Crippen LogP contribution >= 0.6 is 31.9 Å². The third-order valence-electron chi connectivity index (χ3n) is 20.1. The Hall–Kier alpha value is -1.92. The van der Waals surface area contributed by atoms with E-state index in [4.69, 9.17) is 0 Å². The van der Waals surface area contributed by atoms with Gasteiger partial charge in [0.25, 0.3) is 11.8 Å². The Morgan fingerprint density at radius 2 is 0.477 bits per heavy atom. The average molecular weight is 1320 g/mol. The predicted molar refractivity (Wildman–Crippen MR) is 388 cm³/mol. The molecule has 2 aliphatic heterocycles. The van der Waals surface area contributed by atoms with Gasteiger partial charge < -0.3 is 9.80 Å². The number of benzene rings is 2. The van der Waals surface area contributed by atoms with Gasteiger partial charge in [0.1, 0.15) is 0 Å². The highest BCUT2D eigenvalue weighted by molar-refractivity contribution is 9.10. The molecule has 0 radical (unpaired) electrons. The zero-order chi connectivity index (χ0) is 61.3. The lowest BCUT2D eigenvalue weighted by atomic mass is 9.90. The van der Waals surface area contributed by atoms with Gasteiger partial charge in [-0.3, -0.25) is 9.59 Å². The number of rotatable bonds is 60. The molecule has 0 bridgehead atoms. The monoisotopic (exact) mass is 1310 g/mol. The second kappa shape index (κ2) is 51.7. The number of anilines is 2. The Labute approximate surface area is 550 Å². The van der Waals surface area contributed by atoms with E-state index in [0.29, 0.717) is 36.1 Å². The topological polar surface area (TPSA) is 40.6 Å². The molecular formula is C80H136Br2N2O2. The Morgan fingerprint density at radius 1 is 0.279 bits per heavy atom. The number of carbonyl (C=O) groups excluding carboxylic acids is 2. The Balaban J connectivity index is 1.36. The van der Waals surface area contributed by atoms with Gasteiger partial charge in [0.2, 0.25) is 0 Å². The number of fused-ring (bicyclic) bond motifs is 2. The van der Waals surface area contributed by atoms with Crippen LogP contribution in [-0.4, -0.2) is 24.9 Å². The number of carbonyl (C=O) groups is 2. The summed E-state index contributed by atoms with van der Waals surface area (Å²) in [5, 5.41) is 0. The van der Waals surface area contributed by atoms with E-state index in [0.717, 1.165) is 57.1 Å². The zero-order valence-electron chi connectivity index (χ0n) is 57.1. The number of hydrogen-bond acceptors (Lipinski definition) is 2. The van der Waals surface area contributed by atoms with Crippen molar-refractivity contribution in [2.24, 2.45) is 11.8 Å². The Morgan fingerprint density at radius 3 is 0.698 bits per heavy atom. The SMILES string of the molecule is CCCCCCCCCCCCCCC(CCCCCCCCCCCCCC)CCCN1C(=O)C(=C2C(=O)N(CCCC(CCCCCCCCCCCCCC)CCCCCCCCCCCCCC)c3cc(Br)ccc32)c2ccc(Br)cc21. The van der Waals surface area contributed by atoms with E-state index in [9.17, 15) is 0 Å². The number of halogens is 2. The minimum absolute atomic E-state index is 0.000481. The molecular weight excluding hydrogens is 1180 g/mol. The van der Waals surface area contributed by atoms with E-state index in [1.807, 2.05) is 9.80 Å². The maximum atomic E-state index is 15.1. The van der Waals surface area contributed by atoms with Gasteiger partial charge in [-0.05, 0) is 61.8 Å². The molecule has 0 unspecified atom stereocenters. The molecule has 0 aliphatic carbocycles. The van der Waals surface area contributed by atoms with Crippen molar-refractivity contribution in [2.45, 2.75) is 387 Å². The summed E-state index contributed by atoms with van der Waals surface area (Å²) in [4.78, 5) is 34.4. The highest BCUT2D eigenvalue weighted by Crippen LogP contribution is 2.48. The molecule has 0 spiro atoms. The molecule has 2 aromatic rings. The predicted octanol–water partition coefficient (Wildman–Crippen LogP) is 28.0. The summed E-state index contributed by atoms with van der Waals surface area (Å²) in [5.41, 5.74) is 4.93. The standard InChI is InChI=1S/C80H136Br2N2O2/c1-5-9-13-17-21-25-29-33-37-41-45-49-55-69(56-50-46-42-38-34-30-26-22-18-14-10-6-2)59-53-65-83-75-67-71(81)61-63-73(75)77(79(83)85)78-74-64-62-72(82)68-76(74)84(80(78)86)66-54-60-70(57-51-47-43-39-35-31-27-23-19-15-11-7-3)58-52-48-44-40-36-32-28-24-20-16-12-8-4/h61-64,67-70H,5-60,65-66H2,1-4H3. The molecule has 0 saturated heterocycles. The lowest BCUT2D eigenvalue weighted by Crippen LogP contribution is -2.30. The fourth-order valence-electron chi connectivity index (χ4n) is 14.6. The van der Waals surface area contributed by atoms with Gasteiger partial charge in [-0.1, -0.05) is 406 Å². The van der Waals surface area contributed by atoms with Gasteiger partial charge in [-0.2, -0.15) is 0 Å². The van der Waals surface area contributed by atoms with Crippen LogP contribution < -0.4 is 9.80 Å². The molecule has 0 atom stereocenters. The van der Waals surface area contributed by atoms with E-state index in [1.54, 1.807) is 0 Å². The average Bonchev–Trinajstić information content (AvgIpc) is 1.61. The molecule has 0 saturated carbocycles. The van der Waals surface area contributed by atoms with E-state index < -0.39 is 0 Å². The largest absolute Gasteiger partial charge is 0.308 e. The second-order valence-corrected chi connectivity index (χ2v) is 29.5. The molecule has 86 heavy (non-hydrogen) atoms. The van der Waals surface area contributed by atoms with Crippen molar-refractivity contribution in [2.75, 3.05) is 22.9 Å². The molecule has 0 N–H and O–H groups in total. The molecule has 6 heteroatoms. The third-order valence-corrected chi connectivity index (χ3v) is 21.0. The van der Waals surface area contributed by atoms with Gasteiger partial charge in [0, 0.05) is 33.2 Å². The maximum Gasteiger partial charge on any atom is 0.259 e.